The number of benzene rings is 1. The zero-order valence-corrected chi connectivity index (χ0v) is 8.47. The molecule has 0 atom stereocenters. The fourth-order valence-corrected chi connectivity index (χ4v) is 1.14. The molecule has 0 bridgehead atoms. The van der Waals surface area contributed by atoms with Crippen LogP contribution in [0.3, 0.4) is 0 Å². The van der Waals surface area contributed by atoms with Crippen molar-refractivity contribution in [2.75, 3.05) is 12.3 Å². The van der Waals surface area contributed by atoms with E-state index in [2.05, 4.69) is 6.92 Å². The highest BCUT2D eigenvalue weighted by molar-refractivity contribution is 6.33. The van der Waals surface area contributed by atoms with E-state index in [9.17, 15) is 0 Å². The van der Waals surface area contributed by atoms with Gasteiger partial charge in [-0.15, -0.1) is 0 Å². The lowest BCUT2D eigenvalue weighted by Gasteiger charge is -2.08. The summed E-state index contributed by atoms with van der Waals surface area (Å²) in [7, 11) is 0. The first-order chi connectivity index (χ1) is 6.25. The molecule has 0 aliphatic rings. The minimum atomic E-state index is 0.528. The predicted octanol–water partition coefficient (Wildman–Crippen LogP) is 3.10. The number of hydrogen-bond donors (Lipinski definition) is 1. The number of rotatable bonds is 4. The molecule has 72 valence electrons. The van der Waals surface area contributed by atoms with Gasteiger partial charge in [0.1, 0.15) is 5.75 Å². The summed E-state index contributed by atoms with van der Waals surface area (Å²) < 4.78 is 5.45. The molecular formula is C10H14ClNO. The molecule has 1 aromatic rings. The Labute approximate surface area is 83.6 Å². The first-order valence-electron chi connectivity index (χ1n) is 4.42. The SMILES string of the molecule is CCCCOc1cccc(Cl)c1N. The molecule has 0 aromatic heterocycles. The van der Waals surface area contributed by atoms with Gasteiger partial charge in [0.05, 0.1) is 17.3 Å². The van der Waals surface area contributed by atoms with Gasteiger partial charge in [0.15, 0.2) is 0 Å². The van der Waals surface area contributed by atoms with Crippen LogP contribution in [-0.2, 0) is 0 Å². The molecule has 0 saturated carbocycles. The van der Waals surface area contributed by atoms with Crippen molar-refractivity contribution in [3.8, 4) is 5.75 Å². The molecule has 1 aromatic carbocycles. The molecule has 0 unspecified atom stereocenters. The fourth-order valence-electron chi connectivity index (χ4n) is 0.970. The largest absolute Gasteiger partial charge is 0.491 e. The van der Waals surface area contributed by atoms with Gasteiger partial charge in [-0.1, -0.05) is 31.0 Å². The van der Waals surface area contributed by atoms with E-state index in [1.807, 2.05) is 12.1 Å². The maximum absolute atomic E-state index is 5.82. The van der Waals surface area contributed by atoms with Crippen molar-refractivity contribution in [3.63, 3.8) is 0 Å². The van der Waals surface area contributed by atoms with E-state index in [0.29, 0.717) is 23.1 Å². The van der Waals surface area contributed by atoms with Crippen molar-refractivity contribution in [3.05, 3.63) is 23.2 Å². The number of hydrogen-bond acceptors (Lipinski definition) is 2. The third-order valence-corrected chi connectivity index (χ3v) is 2.10. The molecule has 0 aliphatic heterocycles. The van der Waals surface area contributed by atoms with Crippen LogP contribution in [0, 0.1) is 0 Å². The number of ether oxygens (including phenoxy) is 1. The van der Waals surface area contributed by atoms with Crippen LogP contribution in [0.2, 0.25) is 5.02 Å². The molecule has 0 aliphatic carbocycles. The van der Waals surface area contributed by atoms with Crippen LogP contribution in [0.25, 0.3) is 0 Å². The van der Waals surface area contributed by atoms with Crippen LogP contribution < -0.4 is 10.5 Å². The summed E-state index contributed by atoms with van der Waals surface area (Å²) in [5, 5.41) is 0.550. The zero-order valence-electron chi connectivity index (χ0n) is 7.72. The summed E-state index contributed by atoms with van der Waals surface area (Å²) in [6.07, 6.45) is 2.15. The summed E-state index contributed by atoms with van der Waals surface area (Å²) in [5.41, 5.74) is 6.24. The molecule has 0 spiro atoms. The van der Waals surface area contributed by atoms with Crippen molar-refractivity contribution < 1.29 is 4.74 Å². The van der Waals surface area contributed by atoms with E-state index in [-0.39, 0.29) is 0 Å². The number of nitrogens with two attached hydrogens (primary N) is 1. The topological polar surface area (TPSA) is 35.2 Å². The minimum Gasteiger partial charge on any atom is -0.491 e. The summed E-state index contributed by atoms with van der Waals surface area (Å²) in [6.45, 7) is 2.81. The Hall–Kier alpha value is -0.890. The van der Waals surface area contributed by atoms with Gasteiger partial charge in [-0.25, -0.2) is 0 Å². The van der Waals surface area contributed by atoms with Crippen molar-refractivity contribution >= 4 is 17.3 Å². The third kappa shape index (κ3) is 2.81. The lowest BCUT2D eigenvalue weighted by Crippen LogP contribution is -1.99. The van der Waals surface area contributed by atoms with Gasteiger partial charge < -0.3 is 10.5 Å². The lowest BCUT2D eigenvalue weighted by atomic mass is 10.3. The summed E-state index contributed by atoms with van der Waals surface area (Å²) in [5.74, 6) is 0.681. The van der Waals surface area contributed by atoms with Gasteiger partial charge in [-0.2, -0.15) is 0 Å². The second-order valence-corrected chi connectivity index (χ2v) is 3.26. The quantitative estimate of drug-likeness (QED) is 0.598. The molecule has 2 nitrogen and oxygen atoms in total. The lowest BCUT2D eigenvalue weighted by molar-refractivity contribution is 0.311. The standard InChI is InChI=1S/C10H14ClNO/c1-2-3-7-13-9-6-4-5-8(11)10(9)12/h4-6H,2-3,7,12H2,1H3. The molecule has 0 heterocycles. The molecule has 1 rings (SSSR count). The maximum Gasteiger partial charge on any atom is 0.143 e. The summed E-state index contributed by atoms with van der Waals surface area (Å²) in [4.78, 5) is 0. The Morgan fingerprint density at radius 3 is 2.92 bits per heavy atom. The van der Waals surface area contributed by atoms with Gasteiger partial charge in [-0.05, 0) is 18.6 Å². The van der Waals surface area contributed by atoms with Gasteiger partial charge >= 0.3 is 0 Å². The van der Waals surface area contributed by atoms with Crippen molar-refractivity contribution in [2.24, 2.45) is 0 Å². The number of nitrogen functional groups attached to an aromatic ring is 1. The summed E-state index contributed by atoms with van der Waals surface area (Å²) >= 11 is 5.82. The normalized spacial score (nSPS) is 10.0. The number of para-hydroxylation sites is 1. The van der Waals surface area contributed by atoms with Crippen LogP contribution in [0.1, 0.15) is 19.8 Å². The number of unbranched alkanes of at least 4 members (excludes halogenated alkanes) is 1. The van der Waals surface area contributed by atoms with Gasteiger partial charge in [0, 0.05) is 0 Å². The first kappa shape index (κ1) is 10.2. The smallest absolute Gasteiger partial charge is 0.143 e. The van der Waals surface area contributed by atoms with E-state index in [4.69, 9.17) is 22.1 Å². The minimum absolute atomic E-state index is 0.528. The predicted molar refractivity (Wildman–Crippen MR) is 56.3 cm³/mol. The highest BCUT2D eigenvalue weighted by Gasteiger charge is 2.02. The second-order valence-electron chi connectivity index (χ2n) is 2.85. The molecular weight excluding hydrogens is 186 g/mol. The zero-order chi connectivity index (χ0) is 9.68. The fraction of sp³-hybridized carbons (Fsp3) is 0.400. The Morgan fingerprint density at radius 1 is 1.46 bits per heavy atom. The number of halogens is 1. The maximum atomic E-state index is 5.82. The molecule has 3 heteroatoms. The number of anilines is 1. The highest BCUT2D eigenvalue weighted by atomic mass is 35.5. The van der Waals surface area contributed by atoms with E-state index in [1.54, 1.807) is 6.07 Å². The average Bonchev–Trinajstić information content (AvgIpc) is 2.13. The van der Waals surface area contributed by atoms with Gasteiger partial charge in [0.2, 0.25) is 0 Å². The van der Waals surface area contributed by atoms with E-state index in [0.717, 1.165) is 12.8 Å². The van der Waals surface area contributed by atoms with E-state index < -0.39 is 0 Å². The highest BCUT2D eigenvalue weighted by Crippen LogP contribution is 2.28. The Bertz CT molecular complexity index is 276. The van der Waals surface area contributed by atoms with Crippen molar-refractivity contribution in [2.45, 2.75) is 19.8 Å². The van der Waals surface area contributed by atoms with Crippen molar-refractivity contribution in [1.82, 2.24) is 0 Å². The molecule has 0 fully saturated rings. The van der Waals surface area contributed by atoms with Gasteiger partial charge in [0.25, 0.3) is 0 Å². The average molecular weight is 200 g/mol. The Balaban J connectivity index is 2.61. The molecule has 13 heavy (non-hydrogen) atoms. The summed E-state index contributed by atoms with van der Waals surface area (Å²) in [6, 6.07) is 5.42. The van der Waals surface area contributed by atoms with E-state index >= 15 is 0 Å². The van der Waals surface area contributed by atoms with Crippen molar-refractivity contribution in [1.29, 1.82) is 0 Å². The van der Waals surface area contributed by atoms with Crippen LogP contribution in [0.15, 0.2) is 18.2 Å². The van der Waals surface area contributed by atoms with Crippen LogP contribution in [0.5, 0.6) is 5.75 Å². The Morgan fingerprint density at radius 2 is 2.23 bits per heavy atom. The monoisotopic (exact) mass is 199 g/mol. The Kier molecular flexibility index (Phi) is 3.90. The first-order valence-corrected chi connectivity index (χ1v) is 4.80. The van der Waals surface area contributed by atoms with E-state index in [1.165, 1.54) is 0 Å². The second kappa shape index (κ2) is 4.97. The molecule has 0 radical (unpaired) electrons. The van der Waals surface area contributed by atoms with Crippen LogP contribution >= 0.6 is 11.6 Å². The molecule has 0 saturated heterocycles. The molecule has 2 N–H and O–H groups in total. The third-order valence-electron chi connectivity index (χ3n) is 1.77. The van der Waals surface area contributed by atoms with Crippen LogP contribution in [-0.4, -0.2) is 6.61 Å². The molecule has 0 amide bonds. The van der Waals surface area contributed by atoms with Crippen LogP contribution in [0.4, 0.5) is 5.69 Å². The van der Waals surface area contributed by atoms with Gasteiger partial charge in [-0.3, -0.25) is 0 Å².